The number of carbonyl (C=O) groups is 2. The SMILES string of the molecule is CC(OCCCNC(=O)CNC(=O)c1ccc(Br)cc1)c1ccccc1. The van der Waals surface area contributed by atoms with E-state index >= 15 is 0 Å². The van der Waals surface area contributed by atoms with E-state index < -0.39 is 0 Å². The van der Waals surface area contributed by atoms with Gasteiger partial charge in [-0.15, -0.1) is 0 Å². The van der Waals surface area contributed by atoms with Gasteiger partial charge in [0.15, 0.2) is 0 Å². The molecular weight excluding hydrogens is 396 g/mol. The molecule has 0 aliphatic rings. The topological polar surface area (TPSA) is 67.4 Å². The maximum Gasteiger partial charge on any atom is 0.251 e. The van der Waals surface area contributed by atoms with Crippen molar-refractivity contribution in [3.05, 3.63) is 70.2 Å². The number of rotatable bonds is 9. The van der Waals surface area contributed by atoms with Crippen LogP contribution >= 0.6 is 15.9 Å². The molecule has 0 aliphatic carbocycles. The molecule has 0 radical (unpaired) electrons. The summed E-state index contributed by atoms with van der Waals surface area (Å²) in [5, 5.41) is 5.37. The molecule has 2 aromatic carbocycles. The quantitative estimate of drug-likeness (QED) is 0.612. The van der Waals surface area contributed by atoms with Gasteiger partial charge in [-0.05, 0) is 43.2 Å². The first kappa shape index (κ1) is 20.1. The van der Waals surface area contributed by atoms with Gasteiger partial charge in [-0.3, -0.25) is 9.59 Å². The van der Waals surface area contributed by atoms with Crippen molar-refractivity contribution in [2.45, 2.75) is 19.4 Å². The minimum absolute atomic E-state index is 0.0251. The van der Waals surface area contributed by atoms with Crippen LogP contribution in [0, 0.1) is 0 Å². The number of hydrogen-bond donors (Lipinski definition) is 2. The van der Waals surface area contributed by atoms with Crippen molar-refractivity contribution >= 4 is 27.7 Å². The fourth-order valence-electron chi connectivity index (χ4n) is 2.31. The number of benzene rings is 2. The fourth-order valence-corrected chi connectivity index (χ4v) is 2.57. The minimum atomic E-state index is -0.271. The highest BCUT2D eigenvalue weighted by molar-refractivity contribution is 9.10. The number of halogens is 1. The first-order valence-corrected chi connectivity index (χ1v) is 9.32. The number of amides is 2. The zero-order chi connectivity index (χ0) is 18.8. The van der Waals surface area contributed by atoms with Crippen molar-refractivity contribution in [2.75, 3.05) is 19.7 Å². The smallest absolute Gasteiger partial charge is 0.251 e. The van der Waals surface area contributed by atoms with Gasteiger partial charge in [0.25, 0.3) is 5.91 Å². The van der Waals surface area contributed by atoms with E-state index in [1.807, 2.05) is 37.3 Å². The van der Waals surface area contributed by atoms with Crippen LogP contribution in [-0.2, 0) is 9.53 Å². The molecule has 1 atom stereocenters. The normalized spacial score (nSPS) is 11.6. The molecule has 6 heteroatoms. The lowest BCUT2D eigenvalue weighted by atomic mass is 10.1. The summed E-state index contributed by atoms with van der Waals surface area (Å²) in [6.07, 6.45) is 0.737. The van der Waals surface area contributed by atoms with Gasteiger partial charge in [-0.1, -0.05) is 46.3 Å². The predicted octanol–water partition coefficient (Wildman–Crippen LogP) is 3.46. The minimum Gasteiger partial charge on any atom is -0.374 e. The van der Waals surface area contributed by atoms with Crippen molar-refractivity contribution in [1.29, 1.82) is 0 Å². The summed E-state index contributed by atoms with van der Waals surface area (Å²) in [5.74, 6) is -0.487. The van der Waals surface area contributed by atoms with E-state index in [0.29, 0.717) is 25.1 Å². The number of nitrogens with one attached hydrogen (secondary N) is 2. The maximum atomic E-state index is 11.9. The zero-order valence-electron chi connectivity index (χ0n) is 14.7. The standard InChI is InChI=1S/C20H23BrN2O3/c1-15(16-6-3-2-4-7-16)26-13-5-12-22-19(24)14-23-20(25)17-8-10-18(21)11-9-17/h2-4,6-11,15H,5,12-14H2,1H3,(H,22,24)(H,23,25). The predicted molar refractivity (Wildman–Crippen MR) is 105 cm³/mol. The largest absolute Gasteiger partial charge is 0.374 e. The van der Waals surface area contributed by atoms with Crippen LogP contribution in [0.5, 0.6) is 0 Å². The molecule has 0 spiro atoms. The Morgan fingerprint density at radius 3 is 2.42 bits per heavy atom. The second-order valence-corrected chi connectivity index (χ2v) is 6.73. The molecule has 138 valence electrons. The molecule has 26 heavy (non-hydrogen) atoms. The molecular formula is C20H23BrN2O3. The summed E-state index contributed by atoms with van der Waals surface area (Å²) in [6.45, 7) is 3.03. The van der Waals surface area contributed by atoms with Gasteiger partial charge in [0, 0.05) is 23.2 Å². The highest BCUT2D eigenvalue weighted by atomic mass is 79.9. The third-order valence-corrected chi connectivity index (χ3v) is 4.32. The van der Waals surface area contributed by atoms with E-state index in [2.05, 4.69) is 26.6 Å². The Hall–Kier alpha value is -2.18. The van der Waals surface area contributed by atoms with Crippen molar-refractivity contribution < 1.29 is 14.3 Å². The summed E-state index contributed by atoms with van der Waals surface area (Å²) in [4.78, 5) is 23.7. The first-order valence-electron chi connectivity index (χ1n) is 8.53. The number of ether oxygens (including phenoxy) is 1. The average Bonchev–Trinajstić information content (AvgIpc) is 2.67. The van der Waals surface area contributed by atoms with Gasteiger partial charge in [-0.2, -0.15) is 0 Å². The Morgan fingerprint density at radius 2 is 1.73 bits per heavy atom. The van der Waals surface area contributed by atoms with Crippen LogP contribution in [0.1, 0.15) is 35.4 Å². The van der Waals surface area contributed by atoms with Gasteiger partial charge >= 0.3 is 0 Å². The zero-order valence-corrected chi connectivity index (χ0v) is 16.3. The van der Waals surface area contributed by atoms with E-state index in [-0.39, 0.29) is 24.5 Å². The van der Waals surface area contributed by atoms with Gasteiger partial charge < -0.3 is 15.4 Å². The Kier molecular flexibility index (Phi) is 8.31. The summed E-state index contributed by atoms with van der Waals surface area (Å²) in [5.41, 5.74) is 1.65. The van der Waals surface area contributed by atoms with Crippen LogP contribution in [0.25, 0.3) is 0 Å². The second kappa shape index (κ2) is 10.7. The monoisotopic (exact) mass is 418 g/mol. The molecule has 0 saturated heterocycles. The molecule has 2 amide bonds. The first-order chi connectivity index (χ1) is 12.6. The van der Waals surface area contributed by atoms with Crippen LogP contribution in [0.4, 0.5) is 0 Å². The fraction of sp³-hybridized carbons (Fsp3) is 0.300. The highest BCUT2D eigenvalue weighted by Gasteiger charge is 2.08. The van der Waals surface area contributed by atoms with Gasteiger partial charge in [0.2, 0.25) is 5.91 Å². The molecule has 5 nitrogen and oxygen atoms in total. The van der Waals surface area contributed by atoms with Crippen molar-refractivity contribution in [1.82, 2.24) is 10.6 Å². The lowest BCUT2D eigenvalue weighted by molar-refractivity contribution is -0.120. The van der Waals surface area contributed by atoms with Crippen LogP contribution in [0.3, 0.4) is 0 Å². The molecule has 2 rings (SSSR count). The van der Waals surface area contributed by atoms with Crippen LogP contribution in [0.2, 0.25) is 0 Å². The van der Waals surface area contributed by atoms with E-state index in [4.69, 9.17) is 4.74 Å². The summed E-state index contributed by atoms with van der Waals surface area (Å²) < 4.78 is 6.65. The third kappa shape index (κ3) is 6.98. The molecule has 0 fully saturated rings. The molecule has 2 aromatic rings. The van der Waals surface area contributed by atoms with Crippen molar-refractivity contribution in [3.63, 3.8) is 0 Å². The molecule has 0 aromatic heterocycles. The van der Waals surface area contributed by atoms with Crippen molar-refractivity contribution in [2.24, 2.45) is 0 Å². The van der Waals surface area contributed by atoms with Crippen molar-refractivity contribution in [3.8, 4) is 0 Å². The summed E-state index contributed by atoms with van der Waals surface area (Å²) in [6, 6.07) is 17.0. The number of carbonyl (C=O) groups excluding carboxylic acids is 2. The number of hydrogen-bond acceptors (Lipinski definition) is 3. The maximum absolute atomic E-state index is 11.9. The Labute approximate surface area is 162 Å². The van der Waals surface area contributed by atoms with E-state index in [1.165, 1.54) is 0 Å². The molecule has 0 saturated carbocycles. The molecule has 1 unspecified atom stereocenters. The van der Waals surface area contributed by atoms with E-state index in [0.717, 1.165) is 10.0 Å². The lowest BCUT2D eigenvalue weighted by Crippen LogP contribution is -2.37. The second-order valence-electron chi connectivity index (χ2n) is 5.82. The third-order valence-electron chi connectivity index (χ3n) is 3.80. The highest BCUT2D eigenvalue weighted by Crippen LogP contribution is 2.15. The molecule has 0 heterocycles. The van der Waals surface area contributed by atoms with Crippen LogP contribution in [-0.4, -0.2) is 31.5 Å². The average molecular weight is 419 g/mol. The van der Waals surface area contributed by atoms with E-state index in [1.54, 1.807) is 24.3 Å². The summed E-state index contributed by atoms with van der Waals surface area (Å²) in [7, 11) is 0. The molecule has 2 N–H and O–H groups in total. The van der Waals surface area contributed by atoms with Crippen LogP contribution in [0.15, 0.2) is 59.1 Å². The van der Waals surface area contributed by atoms with Gasteiger partial charge in [0.05, 0.1) is 12.6 Å². The molecule has 0 aliphatic heterocycles. The molecule has 0 bridgehead atoms. The lowest BCUT2D eigenvalue weighted by Gasteiger charge is -2.13. The summed E-state index contributed by atoms with van der Waals surface area (Å²) >= 11 is 3.31. The Bertz CT molecular complexity index is 705. The van der Waals surface area contributed by atoms with Gasteiger partial charge in [-0.25, -0.2) is 0 Å². The van der Waals surface area contributed by atoms with Gasteiger partial charge in [0.1, 0.15) is 0 Å². The van der Waals surface area contributed by atoms with Crippen LogP contribution < -0.4 is 10.6 Å². The Morgan fingerprint density at radius 1 is 1.04 bits per heavy atom. The van der Waals surface area contributed by atoms with E-state index in [9.17, 15) is 9.59 Å². The Balaban J connectivity index is 1.57.